The van der Waals surface area contributed by atoms with E-state index in [1.165, 1.54) is 12.1 Å². The van der Waals surface area contributed by atoms with Gasteiger partial charge in [0, 0.05) is 16.7 Å². The Morgan fingerprint density at radius 3 is 2.06 bits per heavy atom. The van der Waals surface area contributed by atoms with Gasteiger partial charge in [-0.25, -0.2) is 8.78 Å². The van der Waals surface area contributed by atoms with Crippen LogP contribution in [0.4, 0.5) is 8.78 Å². The van der Waals surface area contributed by atoms with Crippen molar-refractivity contribution in [3.63, 3.8) is 0 Å². The molecular weight excluding hydrogens is 290 g/mol. The van der Waals surface area contributed by atoms with Gasteiger partial charge in [-0.2, -0.15) is 0 Å². The minimum Gasteiger partial charge on any atom is -0.250 e. The minimum absolute atomic E-state index is 0.113. The Bertz CT molecular complexity index is 564. The van der Waals surface area contributed by atoms with Crippen molar-refractivity contribution in [1.29, 1.82) is 0 Å². The molecule has 0 aliphatic heterocycles. The van der Waals surface area contributed by atoms with E-state index in [-0.39, 0.29) is 21.3 Å². The Kier molecular flexibility index (Phi) is 3.52. The number of pyridine rings is 1. The lowest BCUT2D eigenvalue weighted by atomic mass is 10.1. The molecule has 0 fully saturated rings. The third-order valence-electron chi connectivity index (χ3n) is 2.05. The number of halogens is 5. The molecule has 0 unspecified atom stereocenters. The number of hydrogen-bond donors (Lipinski definition) is 0. The van der Waals surface area contributed by atoms with Crippen LogP contribution in [0.3, 0.4) is 0 Å². The summed E-state index contributed by atoms with van der Waals surface area (Å²) in [5, 5.41) is 0.632. The van der Waals surface area contributed by atoms with Crippen LogP contribution in [0.5, 0.6) is 0 Å². The Labute approximate surface area is 111 Å². The first-order valence-electron chi connectivity index (χ1n) is 4.45. The Balaban J connectivity index is 2.68. The van der Waals surface area contributed by atoms with Gasteiger partial charge in [-0.15, -0.1) is 0 Å². The number of nitrogens with zero attached hydrogens (tertiary/aromatic N) is 1. The molecule has 1 aromatic carbocycles. The third kappa shape index (κ3) is 2.51. The van der Waals surface area contributed by atoms with Crippen LogP contribution < -0.4 is 0 Å². The Morgan fingerprint density at radius 1 is 0.941 bits per heavy atom. The maximum absolute atomic E-state index is 13.5. The van der Waals surface area contributed by atoms with Crippen molar-refractivity contribution in [1.82, 2.24) is 4.98 Å². The zero-order valence-electron chi connectivity index (χ0n) is 8.15. The van der Waals surface area contributed by atoms with Crippen LogP contribution >= 0.6 is 34.8 Å². The molecular formula is C11H4Cl3F2N. The molecule has 0 aliphatic carbocycles. The third-order valence-corrected chi connectivity index (χ3v) is 2.87. The molecule has 0 radical (unpaired) electrons. The summed E-state index contributed by atoms with van der Waals surface area (Å²) in [6, 6.07) is 3.53. The lowest BCUT2D eigenvalue weighted by molar-refractivity contribution is 0.576. The first-order chi connectivity index (χ1) is 7.99. The van der Waals surface area contributed by atoms with Crippen LogP contribution in [0, 0.1) is 11.6 Å². The van der Waals surface area contributed by atoms with Crippen molar-refractivity contribution >= 4 is 34.8 Å². The van der Waals surface area contributed by atoms with Gasteiger partial charge in [0.15, 0.2) is 5.82 Å². The second-order valence-corrected chi connectivity index (χ2v) is 4.48. The van der Waals surface area contributed by atoms with Crippen LogP contribution in [0.15, 0.2) is 24.4 Å². The van der Waals surface area contributed by atoms with Crippen LogP contribution in [0.25, 0.3) is 11.3 Å². The summed E-state index contributed by atoms with van der Waals surface area (Å²) in [6.07, 6.45) is 0.889. The van der Waals surface area contributed by atoms with Gasteiger partial charge in [0.1, 0.15) is 11.5 Å². The van der Waals surface area contributed by atoms with E-state index in [0.29, 0.717) is 11.1 Å². The molecule has 0 saturated carbocycles. The molecule has 0 bridgehead atoms. The highest BCUT2D eigenvalue weighted by molar-refractivity contribution is 6.41. The monoisotopic (exact) mass is 293 g/mol. The maximum atomic E-state index is 13.5. The van der Waals surface area contributed by atoms with E-state index in [0.717, 1.165) is 6.20 Å². The van der Waals surface area contributed by atoms with Crippen LogP contribution in [0.1, 0.15) is 0 Å². The zero-order valence-corrected chi connectivity index (χ0v) is 10.4. The summed E-state index contributed by atoms with van der Waals surface area (Å²) in [4.78, 5) is 3.64. The maximum Gasteiger partial charge on any atom is 0.152 e. The number of benzene rings is 1. The number of rotatable bonds is 1. The average Bonchev–Trinajstić information content (AvgIpc) is 2.19. The molecule has 2 aromatic rings. The van der Waals surface area contributed by atoms with Crippen LogP contribution in [-0.2, 0) is 0 Å². The summed E-state index contributed by atoms with van der Waals surface area (Å²) < 4.78 is 26.3. The fourth-order valence-electron chi connectivity index (χ4n) is 1.37. The van der Waals surface area contributed by atoms with Gasteiger partial charge in [0.25, 0.3) is 0 Å². The normalized spacial score (nSPS) is 10.6. The molecule has 0 amide bonds. The number of hydrogen-bond acceptors (Lipinski definition) is 1. The highest BCUT2D eigenvalue weighted by Crippen LogP contribution is 2.37. The lowest BCUT2D eigenvalue weighted by Crippen LogP contribution is -1.93. The van der Waals surface area contributed by atoms with Gasteiger partial charge in [-0.1, -0.05) is 34.8 Å². The van der Waals surface area contributed by atoms with E-state index in [2.05, 4.69) is 4.98 Å². The predicted octanol–water partition coefficient (Wildman–Crippen LogP) is 4.99. The summed E-state index contributed by atoms with van der Waals surface area (Å²) in [5.41, 5.74) is 0.0771. The minimum atomic E-state index is -0.837. The van der Waals surface area contributed by atoms with E-state index in [9.17, 15) is 8.78 Å². The van der Waals surface area contributed by atoms with Crippen molar-refractivity contribution in [2.75, 3.05) is 0 Å². The van der Waals surface area contributed by atoms with Gasteiger partial charge in [-0.05, 0) is 12.1 Å². The smallest absolute Gasteiger partial charge is 0.152 e. The Morgan fingerprint density at radius 2 is 1.53 bits per heavy atom. The highest BCUT2D eigenvalue weighted by Gasteiger charge is 2.16. The average molecular weight is 295 g/mol. The van der Waals surface area contributed by atoms with Crippen LogP contribution in [0.2, 0.25) is 15.1 Å². The second-order valence-electron chi connectivity index (χ2n) is 3.23. The summed E-state index contributed by atoms with van der Waals surface area (Å²) in [7, 11) is 0. The standard InChI is InChI=1S/C11H4Cl3F2N/c12-5-1-7(13)10(8(14)2-5)11-9(16)3-6(15)4-17-11/h1-4H. The molecule has 1 heterocycles. The molecule has 1 nitrogen and oxygen atoms in total. The molecule has 0 spiro atoms. The molecule has 1 aromatic heterocycles. The molecule has 2 rings (SSSR count). The molecule has 6 heteroatoms. The predicted molar refractivity (Wildman–Crippen MR) is 64.6 cm³/mol. The van der Waals surface area contributed by atoms with Gasteiger partial charge in [0.2, 0.25) is 0 Å². The molecule has 88 valence electrons. The lowest BCUT2D eigenvalue weighted by Gasteiger charge is -2.08. The molecule has 0 saturated heterocycles. The summed E-state index contributed by atoms with van der Waals surface area (Å²) in [6.45, 7) is 0. The van der Waals surface area contributed by atoms with E-state index in [1.54, 1.807) is 0 Å². The second kappa shape index (κ2) is 4.77. The fourth-order valence-corrected chi connectivity index (χ4v) is 2.36. The largest absolute Gasteiger partial charge is 0.250 e. The van der Waals surface area contributed by atoms with E-state index >= 15 is 0 Å². The SMILES string of the molecule is Fc1cnc(-c2c(Cl)cc(Cl)cc2Cl)c(F)c1. The van der Waals surface area contributed by atoms with Gasteiger partial charge in [0.05, 0.1) is 16.2 Å². The van der Waals surface area contributed by atoms with Crippen molar-refractivity contribution in [2.45, 2.75) is 0 Å². The summed E-state index contributed by atoms with van der Waals surface area (Å²) >= 11 is 17.6. The van der Waals surface area contributed by atoms with Gasteiger partial charge >= 0.3 is 0 Å². The van der Waals surface area contributed by atoms with Crippen molar-refractivity contribution in [3.05, 3.63) is 51.1 Å². The summed E-state index contributed by atoms with van der Waals surface area (Å²) in [5.74, 6) is -1.61. The van der Waals surface area contributed by atoms with E-state index in [1.807, 2.05) is 0 Å². The molecule has 0 aliphatic rings. The quantitative estimate of drug-likeness (QED) is 0.722. The first kappa shape index (κ1) is 12.6. The molecule has 17 heavy (non-hydrogen) atoms. The molecule has 0 atom stereocenters. The van der Waals surface area contributed by atoms with Crippen LogP contribution in [-0.4, -0.2) is 4.98 Å². The fraction of sp³-hybridized carbons (Fsp3) is 0. The van der Waals surface area contributed by atoms with Crippen molar-refractivity contribution in [2.24, 2.45) is 0 Å². The van der Waals surface area contributed by atoms with E-state index < -0.39 is 11.6 Å². The number of aromatic nitrogens is 1. The van der Waals surface area contributed by atoms with E-state index in [4.69, 9.17) is 34.8 Å². The zero-order chi connectivity index (χ0) is 12.6. The molecule has 0 N–H and O–H groups in total. The Hall–Kier alpha value is -0.900. The van der Waals surface area contributed by atoms with Gasteiger partial charge in [-0.3, -0.25) is 4.98 Å². The first-order valence-corrected chi connectivity index (χ1v) is 5.58. The van der Waals surface area contributed by atoms with Crippen molar-refractivity contribution in [3.8, 4) is 11.3 Å². The van der Waals surface area contributed by atoms with Crippen molar-refractivity contribution < 1.29 is 8.78 Å². The topological polar surface area (TPSA) is 12.9 Å². The highest BCUT2D eigenvalue weighted by atomic mass is 35.5. The van der Waals surface area contributed by atoms with Gasteiger partial charge < -0.3 is 0 Å².